The van der Waals surface area contributed by atoms with Gasteiger partial charge in [-0.2, -0.15) is 11.8 Å². The lowest BCUT2D eigenvalue weighted by atomic mass is 10.1. The van der Waals surface area contributed by atoms with Crippen molar-refractivity contribution in [3.05, 3.63) is 16.6 Å². The highest BCUT2D eigenvalue weighted by molar-refractivity contribution is 7.99. The molecular weight excluding hydrogens is 300 g/mol. The molecule has 0 spiro atoms. The maximum Gasteiger partial charge on any atom is 0.298 e. The van der Waals surface area contributed by atoms with Gasteiger partial charge in [0.15, 0.2) is 5.01 Å². The average molecular weight is 318 g/mol. The molecule has 2 atom stereocenters. The molecule has 20 heavy (non-hydrogen) atoms. The van der Waals surface area contributed by atoms with E-state index in [0.29, 0.717) is 6.42 Å². The summed E-state index contributed by atoms with van der Waals surface area (Å²) in [5, 5.41) is 11.6. The Balaban J connectivity index is 2.32. The van der Waals surface area contributed by atoms with E-state index in [4.69, 9.17) is 5.73 Å². The van der Waals surface area contributed by atoms with Gasteiger partial charge in [0, 0.05) is 17.6 Å². The third-order valence-corrected chi connectivity index (χ3v) is 4.10. The van der Waals surface area contributed by atoms with Crippen molar-refractivity contribution in [1.29, 1.82) is 0 Å². The summed E-state index contributed by atoms with van der Waals surface area (Å²) in [6.07, 6.45) is 0.648. The van der Waals surface area contributed by atoms with E-state index in [1.165, 1.54) is 6.20 Å². The van der Waals surface area contributed by atoms with E-state index in [9.17, 15) is 14.7 Å². The minimum atomic E-state index is -1.36. The first kappa shape index (κ1) is 16.9. The van der Waals surface area contributed by atoms with Crippen LogP contribution in [0.15, 0.2) is 11.6 Å². The van der Waals surface area contributed by atoms with E-state index >= 15 is 0 Å². The summed E-state index contributed by atoms with van der Waals surface area (Å²) in [6.45, 7) is 2.02. The van der Waals surface area contributed by atoms with Gasteiger partial charge in [-0.1, -0.05) is 6.92 Å². The van der Waals surface area contributed by atoms with Gasteiger partial charge >= 0.3 is 0 Å². The van der Waals surface area contributed by atoms with Gasteiger partial charge in [-0.3, -0.25) is 20.4 Å². The van der Waals surface area contributed by atoms with Crippen molar-refractivity contribution in [2.24, 2.45) is 5.73 Å². The number of hydrogen-bond acceptors (Lipinski definition) is 7. The molecule has 1 aromatic heterocycles. The smallest absolute Gasteiger partial charge is 0.298 e. The van der Waals surface area contributed by atoms with Crippen molar-refractivity contribution in [1.82, 2.24) is 15.8 Å². The van der Waals surface area contributed by atoms with Crippen LogP contribution < -0.4 is 16.6 Å². The van der Waals surface area contributed by atoms with Gasteiger partial charge < -0.3 is 10.8 Å². The number of hydrogen-bond donors (Lipinski definition) is 4. The number of aliphatic hydroxyl groups excluding tert-OH is 1. The number of thioether (sulfide) groups is 1. The SMILES string of the molecule is CCSCC[C@@H](N)C(O)C(=O)NNC(=O)c1nccs1. The van der Waals surface area contributed by atoms with E-state index in [0.717, 1.165) is 22.8 Å². The fraction of sp³-hybridized carbons (Fsp3) is 0.545. The Morgan fingerprint density at radius 1 is 1.55 bits per heavy atom. The first-order valence-corrected chi connectivity index (χ1v) is 8.10. The summed E-state index contributed by atoms with van der Waals surface area (Å²) in [7, 11) is 0. The predicted molar refractivity (Wildman–Crippen MR) is 79.3 cm³/mol. The van der Waals surface area contributed by atoms with Crippen molar-refractivity contribution in [3.63, 3.8) is 0 Å². The van der Waals surface area contributed by atoms with Gasteiger partial charge in [-0.25, -0.2) is 4.98 Å². The van der Waals surface area contributed by atoms with Crippen LogP contribution in [-0.2, 0) is 4.79 Å². The maximum absolute atomic E-state index is 11.6. The number of thiazole rings is 1. The number of carbonyl (C=O) groups is 2. The van der Waals surface area contributed by atoms with E-state index < -0.39 is 24.0 Å². The molecule has 112 valence electrons. The quantitative estimate of drug-likeness (QED) is 0.406. The molecular formula is C11H18N4O3S2. The van der Waals surface area contributed by atoms with E-state index in [1.54, 1.807) is 17.1 Å². The highest BCUT2D eigenvalue weighted by Gasteiger charge is 2.23. The summed E-state index contributed by atoms with van der Waals surface area (Å²) in [4.78, 5) is 26.9. The summed E-state index contributed by atoms with van der Waals surface area (Å²) in [5.74, 6) is 0.464. The lowest BCUT2D eigenvalue weighted by molar-refractivity contribution is -0.131. The summed E-state index contributed by atoms with van der Waals surface area (Å²) < 4.78 is 0. The monoisotopic (exact) mass is 318 g/mol. The molecule has 1 rings (SSSR count). The number of aromatic nitrogens is 1. The van der Waals surface area contributed by atoms with Gasteiger partial charge in [-0.15, -0.1) is 11.3 Å². The molecule has 0 fully saturated rings. The molecule has 7 nitrogen and oxygen atoms in total. The van der Waals surface area contributed by atoms with Crippen LogP contribution in [0.5, 0.6) is 0 Å². The molecule has 0 saturated carbocycles. The summed E-state index contributed by atoms with van der Waals surface area (Å²) >= 11 is 2.83. The standard InChI is InChI=1S/C11H18N4O3S2/c1-2-19-5-3-7(12)8(16)9(17)14-15-10(18)11-13-4-6-20-11/h4,6-8,16H,2-3,5,12H2,1H3,(H,14,17)(H,15,18)/t7-,8?/m1/s1. The molecule has 0 radical (unpaired) electrons. The molecule has 1 unspecified atom stereocenters. The molecule has 1 heterocycles. The van der Waals surface area contributed by atoms with E-state index in [2.05, 4.69) is 15.8 Å². The third kappa shape index (κ3) is 5.45. The summed E-state index contributed by atoms with van der Waals surface area (Å²) in [5.41, 5.74) is 10.0. The minimum Gasteiger partial charge on any atom is -0.382 e. The number of nitrogens with two attached hydrogens (primary N) is 1. The molecule has 9 heteroatoms. The third-order valence-electron chi connectivity index (χ3n) is 2.40. The zero-order valence-corrected chi connectivity index (χ0v) is 12.7. The molecule has 0 bridgehead atoms. The van der Waals surface area contributed by atoms with Crippen LogP contribution in [0.2, 0.25) is 0 Å². The highest BCUT2D eigenvalue weighted by Crippen LogP contribution is 2.06. The van der Waals surface area contributed by atoms with Crippen molar-refractivity contribution < 1.29 is 14.7 Å². The molecule has 0 aliphatic carbocycles. The second-order valence-corrected chi connectivity index (χ2v) is 6.16. The molecule has 5 N–H and O–H groups in total. The van der Waals surface area contributed by atoms with Gasteiger partial charge in [0.25, 0.3) is 11.8 Å². The molecule has 1 aromatic rings. The normalized spacial score (nSPS) is 13.6. The lowest BCUT2D eigenvalue weighted by Gasteiger charge is -2.18. The molecule has 0 aliphatic rings. The molecule has 0 saturated heterocycles. The maximum atomic E-state index is 11.6. The fourth-order valence-electron chi connectivity index (χ4n) is 1.30. The Hall–Kier alpha value is -1.16. The van der Waals surface area contributed by atoms with Gasteiger partial charge in [0.1, 0.15) is 6.10 Å². The number of carbonyl (C=O) groups excluding carboxylic acids is 2. The number of rotatable bonds is 7. The van der Waals surface area contributed by atoms with Gasteiger partial charge in [0.05, 0.1) is 0 Å². The fourth-order valence-corrected chi connectivity index (χ4v) is 2.56. The van der Waals surface area contributed by atoms with Gasteiger partial charge in [0.2, 0.25) is 0 Å². The minimum absolute atomic E-state index is 0.225. The van der Waals surface area contributed by atoms with Gasteiger partial charge in [-0.05, 0) is 17.9 Å². The summed E-state index contributed by atoms with van der Waals surface area (Å²) in [6, 6.07) is -0.661. The van der Waals surface area contributed by atoms with E-state index in [1.807, 2.05) is 6.92 Å². The number of hydrazine groups is 1. The van der Waals surface area contributed by atoms with Crippen LogP contribution in [0, 0.1) is 0 Å². The Bertz CT molecular complexity index is 427. The number of nitrogens with zero attached hydrogens (tertiary/aromatic N) is 1. The van der Waals surface area contributed by atoms with Crippen molar-refractivity contribution in [3.8, 4) is 0 Å². The zero-order valence-electron chi connectivity index (χ0n) is 11.0. The molecule has 2 amide bonds. The second-order valence-electron chi connectivity index (χ2n) is 3.87. The first-order valence-electron chi connectivity index (χ1n) is 6.07. The Morgan fingerprint density at radius 3 is 2.90 bits per heavy atom. The van der Waals surface area contributed by atoms with Crippen molar-refractivity contribution in [2.75, 3.05) is 11.5 Å². The number of aliphatic hydroxyl groups is 1. The average Bonchev–Trinajstić information content (AvgIpc) is 2.97. The molecule has 0 aromatic carbocycles. The lowest BCUT2D eigenvalue weighted by Crippen LogP contribution is -2.52. The largest absolute Gasteiger partial charge is 0.382 e. The topological polar surface area (TPSA) is 117 Å². The Morgan fingerprint density at radius 2 is 2.30 bits per heavy atom. The van der Waals surface area contributed by atoms with Crippen LogP contribution >= 0.6 is 23.1 Å². The Kier molecular flexibility index (Phi) is 7.52. The number of amides is 2. The second kappa shape index (κ2) is 8.90. The highest BCUT2D eigenvalue weighted by atomic mass is 32.2. The van der Waals surface area contributed by atoms with Crippen LogP contribution in [0.4, 0.5) is 0 Å². The van der Waals surface area contributed by atoms with E-state index in [-0.39, 0.29) is 5.01 Å². The first-order chi connectivity index (χ1) is 9.56. The van der Waals surface area contributed by atoms with Crippen LogP contribution in [-0.4, -0.2) is 45.6 Å². The number of nitrogens with one attached hydrogen (secondary N) is 2. The Labute approximate surface area is 125 Å². The van der Waals surface area contributed by atoms with Crippen LogP contribution in [0.3, 0.4) is 0 Å². The van der Waals surface area contributed by atoms with Crippen molar-refractivity contribution in [2.45, 2.75) is 25.5 Å². The molecule has 0 aliphatic heterocycles. The van der Waals surface area contributed by atoms with Crippen LogP contribution in [0.1, 0.15) is 23.1 Å². The zero-order chi connectivity index (χ0) is 15.0. The van der Waals surface area contributed by atoms with Crippen LogP contribution in [0.25, 0.3) is 0 Å². The predicted octanol–water partition coefficient (Wildman–Crippen LogP) is -0.264. The van der Waals surface area contributed by atoms with Crippen molar-refractivity contribution >= 4 is 34.9 Å².